The van der Waals surface area contributed by atoms with Gasteiger partial charge in [-0.2, -0.15) is 0 Å². The maximum atomic E-state index is 13.2. The molecule has 32 heavy (non-hydrogen) atoms. The molecule has 0 atom stereocenters. The lowest BCUT2D eigenvalue weighted by atomic mass is 9.96. The Morgan fingerprint density at radius 2 is 1.91 bits per heavy atom. The fourth-order valence-electron chi connectivity index (χ4n) is 4.12. The molecule has 0 unspecified atom stereocenters. The smallest absolute Gasteiger partial charge is 0.262 e. The van der Waals surface area contributed by atoms with E-state index in [2.05, 4.69) is 10.3 Å². The number of benzene rings is 1. The number of piperidine rings is 1. The highest BCUT2D eigenvalue weighted by Gasteiger charge is 2.23. The van der Waals surface area contributed by atoms with Crippen molar-refractivity contribution in [3.05, 3.63) is 51.9 Å². The van der Waals surface area contributed by atoms with Crippen molar-refractivity contribution >= 4 is 33.4 Å². The first-order valence-electron chi connectivity index (χ1n) is 11.0. The van der Waals surface area contributed by atoms with Gasteiger partial charge < -0.3 is 10.2 Å². The van der Waals surface area contributed by atoms with E-state index in [1.807, 2.05) is 41.5 Å². The average molecular weight is 453 g/mol. The van der Waals surface area contributed by atoms with Crippen molar-refractivity contribution in [3.63, 3.8) is 0 Å². The van der Waals surface area contributed by atoms with Crippen LogP contribution in [0.15, 0.2) is 40.8 Å². The van der Waals surface area contributed by atoms with Gasteiger partial charge in [0.1, 0.15) is 4.83 Å². The topological polar surface area (TPSA) is 84.3 Å². The first-order valence-corrected chi connectivity index (χ1v) is 11.9. The van der Waals surface area contributed by atoms with Gasteiger partial charge in [-0.15, -0.1) is 11.3 Å². The van der Waals surface area contributed by atoms with Gasteiger partial charge in [0.15, 0.2) is 0 Å². The van der Waals surface area contributed by atoms with E-state index in [1.54, 1.807) is 10.9 Å². The van der Waals surface area contributed by atoms with Crippen molar-refractivity contribution in [3.8, 4) is 11.1 Å². The molecule has 0 saturated carbocycles. The van der Waals surface area contributed by atoms with Crippen molar-refractivity contribution < 1.29 is 9.59 Å². The minimum Gasteiger partial charge on any atom is -0.356 e. The van der Waals surface area contributed by atoms with Crippen molar-refractivity contribution in [2.75, 3.05) is 19.6 Å². The third-order valence-corrected chi connectivity index (χ3v) is 6.98. The van der Waals surface area contributed by atoms with Crippen LogP contribution in [-0.4, -0.2) is 45.9 Å². The van der Waals surface area contributed by atoms with Gasteiger partial charge in [-0.3, -0.25) is 19.0 Å². The van der Waals surface area contributed by atoms with Gasteiger partial charge >= 0.3 is 0 Å². The summed E-state index contributed by atoms with van der Waals surface area (Å²) in [7, 11) is 0. The van der Waals surface area contributed by atoms with Crippen LogP contribution < -0.4 is 10.9 Å². The number of aromatic nitrogens is 2. The highest BCUT2D eigenvalue weighted by atomic mass is 32.1. The molecule has 0 radical (unpaired) electrons. The minimum atomic E-state index is -0.103. The zero-order chi connectivity index (χ0) is 22.7. The summed E-state index contributed by atoms with van der Waals surface area (Å²) in [4.78, 5) is 44.0. The molecule has 1 aromatic carbocycles. The summed E-state index contributed by atoms with van der Waals surface area (Å²) in [5.41, 5.74) is 2.95. The summed E-state index contributed by atoms with van der Waals surface area (Å²) in [5.74, 6) is 0.450. The number of thiophene rings is 1. The Hall–Kier alpha value is -3.00. The van der Waals surface area contributed by atoms with Crippen LogP contribution in [0.2, 0.25) is 0 Å². The van der Waals surface area contributed by atoms with Gasteiger partial charge in [0.2, 0.25) is 11.8 Å². The maximum Gasteiger partial charge on any atom is 0.262 e. The molecule has 1 aliphatic rings. The normalized spacial score (nSPS) is 14.6. The van der Waals surface area contributed by atoms with Crippen molar-refractivity contribution in [1.82, 2.24) is 19.8 Å². The molecule has 0 bridgehead atoms. The Morgan fingerprint density at radius 3 is 2.59 bits per heavy atom. The Morgan fingerprint density at radius 1 is 1.19 bits per heavy atom. The van der Waals surface area contributed by atoms with E-state index in [1.165, 1.54) is 23.8 Å². The molecule has 168 valence electrons. The van der Waals surface area contributed by atoms with Gasteiger partial charge in [-0.25, -0.2) is 4.98 Å². The first kappa shape index (κ1) is 22.2. The van der Waals surface area contributed by atoms with E-state index < -0.39 is 0 Å². The molecule has 0 aliphatic carbocycles. The van der Waals surface area contributed by atoms with Gasteiger partial charge in [0.05, 0.1) is 11.7 Å². The maximum absolute atomic E-state index is 13.2. The molecular weight excluding hydrogens is 424 g/mol. The van der Waals surface area contributed by atoms with Crippen LogP contribution in [0.1, 0.15) is 31.7 Å². The predicted molar refractivity (Wildman–Crippen MR) is 127 cm³/mol. The molecule has 1 saturated heterocycles. The zero-order valence-corrected chi connectivity index (χ0v) is 19.3. The van der Waals surface area contributed by atoms with E-state index in [9.17, 15) is 14.4 Å². The molecule has 1 N–H and O–H groups in total. The third kappa shape index (κ3) is 4.91. The highest BCUT2D eigenvalue weighted by Crippen LogP contribution is 2.30. The van der Waals surface area contributed by atoms with Crippen LogP contribution in [0.3, 0.4) is 0 Å². The highest BCUT2D eigenvalue weighted by molar-refractivity contribution is 7.17. The number of rotatable bonds is 6. The van der Waals surface area contributed by atoms with Crippen LogP contribution in [0.5, 0.6) is 0 Å². The number of carbonyl (C=O) groups is 2. The quantitative estimate of drug-likeness (QED) is 0.623. The third-order valence-electron chi connectivity index (χ3n) is 6.10. The first-order chi connectivity index (χ1) is 15.4. The summed E-state index contributed by atoms with van der Waals surface area (Å²) in [5, 5.41) is 5.45. The number of hydrogen-bond acceptors (Lipinski definition) is 5. The zero-order valence-electron chi connectivity index (χ0n) is 18.5. The van der Waals surface area contributed by atoms with Crippen molar-refractivity contribution in [2.45, 2.75) is 39.7 Å². The van der Waals surface area contributed by atoms with Crippen LogP contribution in [0.25, 0.3) is 21.3 Å². The molecule has 7 nitrogen and oxygen atoms in total. The van der Waals surface area contributed by atoms with Crippen molar-refractivity contribution in [1.29, 1.82) is 0 Å². The Bertz CT molecular complexity index is 1170. The number of fused-ring (bicyclic) bond motifs is 1. The van der Waals surface area contributed by atoms with Gasteiger partial charge in [0.25, 0.3) is 5.56 Å². The molecule has 1 fully saturated rings. The Labute approximate surface area is 191 Å². The van der Waals surface area contributed by atoms with Crippen molar-refractivity contribution in [2.24, 2.45) is 5.92 Å². The predicted octanol–water partition coefficient (Wildman–Crippen LogP) is 3.20. The van der Waals surface area contributed by atoms with Crippen LogP contribution >= 0.6 is 11.3 Å². The second-order valence-corrected chi connectivity index (χ2v) is 9.31. The Balaban J connectivity index is 1.42. The monoisotopic (exact) mass is 452 g/mol. The summed E-state index contributed by atoms with van der Waals surface area (Å²) < 4.78 is 1.55. The second-order valence-electron chi connectivity index (χ2n) is 8.45. The van der Waals surface area contributed by atoms with E-state index in [0.717, 1.165) is 28.8 Å². The number of amides is 2. The Kier molecular flexibility index (Phi) is 6.69. The number of carbonyl (C=O) groups excluding carboxylic acids is 2. The standard InChI is InChI=1S/C24H28N4O3S/c1-16-3-5-19(6-4-16)20-14-32-23-22(20)24(31)28(15-26-23)12-9-21(30)27-10-7-18(8-11-27)13-25-17(2)29/h3-6,14-15,18H,7-13H2,1-2H3,(H,25,29). The number of hydrogen-bond donors (Lipinski definition) is 1. The van der Waals surface area contributed by atoms with E-state index in [-0.39, 0.29) is 23.8 Å². The molecular formula is C24H28N4O3S. The number of aryl methyl sites for hydroxylation is 2. The van der Waals surface area contributed by atoms with Gasteiger partial charge in [-0.1, -0.05) is 29.8 Å². The number of likely N-dealkylation sites (tertiary alicyclic amines) is 1. The van der Waals surface area contributed by atoms with E-state index in [0.29, 0.717) is 37.5 Å². The average Bonchev–Trinajstić information content (AvgIpc) is 3.23. The molecule has 2 amide bonds. The largest absolute Gasteiger partial charge is 0.356 e. The van der Waals surface area contributed by atoms with E-state index in [4.69, 9.17) is 0 Å². The molecule has 8 heteroatoms. The van der Waals surface area contributed by atoms with Crippen LogP contribution in [-0.2, 0) is 16.1 Å². The van der Waals surface area contributed by atoms with Gasteiger partial charge in [-0.05, 0) is 31.2 Å². The lowest BCUT2D eigenvalue weighted by Gasteiger charge is -2.32. The second kappa shape index (κ2) is 9.65. The summed E-state index contributed by atoms with van der Waals surface area (Å²) in [6, 6.07) is 8.11. The summed E-state index contributed by atoms with van der Waals surface area (Å²) in [6.45, 7) is 5.92. The molecule has 0 spiro atoms. The molecule has 4 rings (SSSR count). The lowest BCUT2D eigenvalue weighted by Crippen LogP contribution is -2.41. The SMILES string of the molecule is CC(=O)NCC1CCN(C(=O)CCn2cnc3scc(-c4ccc(C)cc4)c3c2=O)CC1. The number of nitrogens with zero attached hydrogens (tertiary/aromatic N) is 3. The minimum absolute atomic E-state index is 0.0179. The fraction of sp³-hybridized carbons (Fsp3) is 0.417. The van der Waals surface area contributed by atoms with Crippen LogP contribution in [0, 0.1) is 12.8 Å². The molecule has 2 aromatic heterocycles. The summed E-state index contributed by atoms with van der Waals surface area (Å²) in [6.07, 6.45) is 3.59. The fourth-order valence-corrected chi connectivity index (χ4v) is 5.03. The molecule has 3 heterocycles. The molecule has 1 aliphatic heterocycles. The number of nitrogens with one attached hydrogen (secondary N) is 1. The molecule has 3 aromatic rings. The summed E-state index contributed by atoms with van der Waals surface area (Å²) >= 11 is 1.46. The van der Waals surface area contributed by atoms with Gasteiger partial charge in [0, 0.05) is 50.5 Å². The van der Waals surface area contributed by atoms with Crippen LogP contribution in [0.4, 0.5) is 0 Å². The van der Waals surface area contributed by atoms with E-state index >= 15 is 0 Å². The lowest BCUT2D eigenvalue weighted by molar-refractivity contribution is -0.133.